The summed E-state index contributed by atoms with van der Waals surface area (Å²) in [7, 11) is 0. The standard InChI is InChI=1S/C27H27N5O2/c1-18-7-10-22(11-8-18)32-26(34)23-12-9-20(16-24(23)30-27(32)31-14-3-4-15-31)25(33)29-19(2)21-6-5-13-28-17-21/h5-13,16-17,19H,3-4,14-15H2,1-2H3,(H,29,33). The first-order valence-electron chi connectivity index (χ1n) is 11.6. The average Bonchev–Trinajstić information content (AvgIpc) is 3.40. The molecule has 4 aromatic rings. The molecule has 0 bridgehead atoms. The fourth-order valence-corrected chi connectivity index (χ4v) is 4.37. The summed E-state index contributed by atoms with van der Waals surface area (Å²) >= 11 is 0. The maximum atomic E-state index is 13.6. The highest BCUT2D eigenvalue weighted by Crippen LogP contribution is 2.24. The minimum atomic E-state index is -0.217. The lowest BCUT2D eigenvalue weighted by Gasteiger charge is -2.22. The molecule has 2 aromatic heterocycles. The van der Waals surface area contributed by atoms with Gasteiger partial charge in [-0.2, -0.15) is 0 Å². The highest BCUT2D eigenvalue weighted by Gasteiger charge is 2.22. The van der Waals surface area contributed by atoms with Gasteiger partial charge in [-0.25, -0.2) is 9.55 Å². The van der Waals surface area contributed by atoms with Crippen LogP contribution in [0, 0.1) is 6.92 Å². The topological polar surface area (TPSA) is 80.1 Å². The normalized spacial score (nSPS) is 14.4. The Bertz CT molecular complexity index is 1390. The Morgan fingerprint density at radius 2 is 1.82 bits per heavy atom. The third-order valence-corrected chi connectivity index (χ3v) is 6.33. The van der Waals surface area contributed by atoms with Crippen molar-refractivity contribution < 1.29 is 4.79 Å². The molecule has 0 spiro atoms. The molecule has 0 saturated carbocycles. The lowest BCUT2D eigenvalue weighted by atomic mass is 10.1. The van der Waals surface area contributed by atoms with Crippen LogP contribution in [-0.2, 0) is 0 Å². The van der Waals surface area contributed by atoms with Crippen LogP contribution >= 0.6 is 0 Å². The molecule has 0 radical (unpaired) electrons. The Morgan fingerprint density at radius 3 is 2.53 bits per heavy atom. The number of hydrogen-bond donors (Lipinski definition) is 1. The number of carbonyl (C=O) groups is 1. The van der Waals surface area contributed by atoms with E-state index in [0.29, 0.717) is 22.4 Å². The smallest absolute Gasteiger partial charge is 0.267 e. The van der Waals surface area contributed by atoms with Crippen molar-refractivity contribution in [3.63, 3.8) is 0 Å². The molecule has 1 fully saturated rings. The van der Waals surface area contributed by atoms with E-state index in [1.165, 1.54) is 0 Å². The fourth-order valence-electron chi connectivity index (χ4n) is 4.37. The van der Waals surface area contributed by atoms with E-state index in [0.717, 1.165) is 42.7 Å². The van der Waals surface area contributed by atoms with Gasteiger partial charge in [0.25, 0.3) is 11.5 Å². The summed E-state index contributed by atoms with van der Waals surface area (Å²) in [6.45, 7) is 5.65. The zero-order valence-corrected chi connectivity index (χ0v) is 19.4. The van der Waals surface area contributed by atoms with Crippen LogP contribution in [0.3, 0.4) is 0 Å². The van der Waals surface area contributed by atoms with Crippen molar-refractivity contribution >= 4 is 22.8 Å². The van der Waals surface area contributed by atoms with E-state index >= 15 is 0 Å². The van der Waals surface area contributed by atoms with Gasteiger partial charge in [-0.05, 0) is 68.7 Å². The second-order valence-corrected chi connectivity index (χ2v) is 8.80. The molecule has 2 aromatic carbocycles. The number of anilines is 1. The predicted octanol–water partition coefficient (Wildman–Crippen LogP) is 4.18. The van der Waals surface area contributed by atoms with E-state index < -0.39 is 0 Å². The number of hydrogen-bond acceptors (Lipinski definition) is 5. The van der Waals surface area contributed by atoms with E-state index in [1.807, 2.05) is 50.2 Å². The molecule has 3 heterocycles. The van der Waals surface area contributed by atoms with Crippen molar-refractivity contribution in [1.82, 2.24) is 19.9 Å². The van der Waals surface area contributed by atoms with Gasteiger partial charge in [-0.1, -0.05) is 23.8 Å². The molecule has 1 N–H and O–H groups in total. The van der Waals surface area contributed by atoms with Gasteiger partial charge in [0.15, 0.2) is 0 Å². The van der Waals surface area contributed by atoms with Gasteiger partial charge in [0.1, 0.15) is 0 Å². The number of pyridine rings is 1. The first-order valence-corrected chi connectivity index (χ1v) is 11.6. The lowest BCUT2D eigenvalue weighted by molar-refractivity contribution is 0.0940. The molecule has 1 atom stereocenters. The number of amides is 1. The van der Waals surface area contributed by atoms with Crippen LogP contribution in [0.2, 0.25) is 0 Å². The highest BCUT2D eigenvalue weighted by molar-refractivity contribution is 5.98. The predicted molar refractivity (Wildman–Crippen MR) is 134 cm³/mol. The molecule has 5 rings (SSSR count). The van der Waals surface area contributed by atoms with Crippen LogP contribution in [0.25, 0.3) is 16.6 Å². The maximum absolute atomic E-state index is 13.6. The molecule has 0 aliphatic carbocycles. The molecular formula is C27H27N5O2. The first-order chi connectivity index (χ1) is 16.5. The van der Waals surface area contributed by atoms with Crippen LogP contribution in [0.4, 0.5) is 5.95 Å². The zero-order chi connectivity index (χ0) is 23.7. The second kappa shape index (κ2) is 9.09. The third-order valence-electron chi connectivity index (χ3n) is 6.33. The molecule has 1 amide bonds. The average molecular weight is 454 g/mol. The Kier molecular flexibility index (Phi) is 5.84. The van der Waals surface area contributed by atoms with Crippen molar-refractivity contribution in [3.05, 3.63) is 94.0 Å². The van der Waals surface area contributed by atoms with Crippen LogP contribution in [0.5, 0.6) is 0 Å². The molecule has 1 aliphatic rings. The van der Waals surface area contributed by atoms with Gasteiger partial charge >= 0.3 is 0 Å². The van der Waals surface area contributed by atoms with Gasteiger partial charge in [0, 0.05) is 31.0 Å². The molecule has 1 aliphatic heterocycles. The molecule has 1 saturated heterocycles. The van der Waals surface area contributed by atoms with E-state index in [1.54, 1.807) is 35.2 Å². The van der Waals surface area contributed by atoms with Crippen LogP contribution < -0.4 is 15.8 Å². The first kappa shape index (κ1) is 21.8. The molecular weight excluding hydrogens is 426 g/mol. The Hall–Kier alpha value is -4.00. The second-order valence-electron chi connectivity index (χ2n) is 8.80. The van der Waals surface area contributed by atoms with E-state index in [4.69, 9.17) is 4.98 Å². The van der Waals surface area contributed by atoms with Crippen molar-refractivity contribution in [2.45, 2.75) is 32.7 Å². The largest absolute Gasteiger partial charge is 0.345 e. The number of aromatic nitrogens is 3. The monoisotopic (exact) mass is 453 g/mol. The zero-order valence-electron chi connectivity index (χ0n) is 19.4. The number of aryl methyl sites for hydroxylation is 1. The van der Waals surface area contributed by atoms with Gasteiger partial charge in [0.2, 0.25) is 5.95 Å². The van der Waals surface area contributed by atoms with Gasteiger partial charge in [-0.15, -0.1) is 0 Å². The maximum Gasteiger partial charge on any atom is 0.267 e. The quantitative estimate of drug-likeness (QED) is 0.490. The van der Waals surface area contributed by atoms with Crippen molar-refractivity contribution in [1.29, 1.82) is 0 Å². The van der Waals surface area contributed by atoms with Gasteiger partial charge in [-0.3, -0.25) is 14.6 Å². The number of fused-ring (bicyclic) bond motifs is 1. The fraction of sp³-hybridized carbons (Fsp3) is 0.259. The summed E-state index contributed by atoms with van der Waals surface area (Å²) < 4.78 is 1.69. The van der Waals surface area contributed by atoms with E-state index in [9.17, 15) is 9.59 Å². The number of benzene rings is 2. The summed E-state index contributed by atoms with van der Waals surface area (Å²) in [5, 5.41) is 3.49. The van der Waals surface area contributed by atoms with Crippen LogP contribution in [-0.4, -0.2) is 33.5 Å². The Labute approximate surface area is 198 Å². The SMILES string of the molecule is Cc1ccc(-n2c(N3CCCC3)nc3cc(C(=O)NC(C)c4cccnc4)ccc3c2=O)cc1. The number of carbonyl (C=O) groups excluding carboxylic acids is 1. The number of rotatable bonds is 5. The van der Waals surface area contributed by atoms with Crippen LogP contribution in [0.15, 0.2) is 71.8 Å². The molecule has 172 valence electrons. The molecule has 7 heteroatoms. The molecule has 1 unspecified atom stereocenters. The molecule has 34 heavy (non-hydrogen) atoms. The molecule has 7 nitrogen and oxygen atoms in total. The summed E-state index contributed by atoms with van der Waals surface area (Å²) in [6.07, 6.45) is 5.57. The number of nitrogens with zero attached hydrogens (tertiary/aromatic N) is 4. The van der Waals surface area contributed by atoms with E-state index in [-0.39, 0.29) is 17.5 Å². The summed E-state index contributed by atoms with van der Waals surface area (Å²) in [6, 6.07) is 16.6. The number of nitrogens with one attached hydrogen (secondary N) is 1. The minimum Gasteiger partial charge on any atom is -0.345 e. The highest BCUT2D eigenvalue weighted by atomic mass is 16.1. The Morgan fingerprint density at radius 1 is 1.06 bits per heavy atom. The van der Waals surface area contributed by atoms with E-state index in [2.05, 4.69) is 15.2 Å². The van der Waals surface area contributed by atoms with Crippen molar-refractivity contribution in [3.8, 4) is 5.69 Å². The van der Waals surface area contributed by atoms with Crippen molar-refractivity contribution in [2.24, 2.45) is 0 Å². The lowest BCUT2D eigenvalue weighted by Crippen LogP contribution is -2.30. The minimum absolute atomic E-state index is 0.133. The Balaban J connectivity index is 1.56. The summed E-state index contributed by atoms with van der Waals surface area (Å²) in [5.41, 5.74) is 3.70. The summed E-state index contributed by atoms with van der Waals surface area (Å²) in [4.78, 5) is 37.8. The van der Waals surface area contributed by atoms with Crippen LogP contribution in [0.1, 0.15) is 47.3 Å². The van der Waals surface area contributed by atoms with Gasteiger partial charge in [0.05, 0.1) is 22.6 Å². The third kappa shape index (κ3) is 4.17. The van der Waals surface area contributed by atoms with Crippen molar-refractivity contribution in [2.75, 3.05) is 18.0 Å². The summed E-state index contributed by atoms with van der Waals surface area (Å²) in [5.74, 6) is 0.408. The van der Waals surface area contributed by atoms with Gasteiger partial charge < -0.3 is 10.2 Å².